The van der Waals surface area contributed by atoms with Gasteiger partial charge in [-0.1, -0.05) is 34.1 Å². The summed E-state index contributed by atoms with van der Waals surface area (Å²) in [5.74, 6) is 0.620. The van der Waals surface area contributed by atoms with Gasteiger partial charge >= 0.3 is 0 Å². The normalized spacial score (nSPS) is 15.0. The molecule has 11 heavy (non-hydrogen) atoms. The maximum Gasteiger partial charge on any atom is 0.247 e. The Morgan fingerprint density at radius 3 is 1.82 bits per heavy atom. The van der Waals surface area contributed by atoms with Gasteiger partial charge in [-0.05, 0) is 18.8 Å². The summed E-state index contributed by atoms with van der Waals surface area (Å²) in [6, 6.07) is 0. The highest BCUT2D eigenvalue weighted by molar-refractivity contribution is 5.98. The molecule has 0 aliphatic heterocycles. The predicted octanol–water partition coefficient (Wildman–Crippen LogP) is 2.69. The average Bonchev–Trinajstić information content (AvgIpc) is 2.08. The van der Waals surface area contributed by atoms with Crippen molar-refractivity contribution in [2.75, 3.05) is 0 Å². The van der Waals surface area contributed by atoms with Gasteiger partial charge in [-0.2, -0.15) is 0 Å². The zero-order chi connectivity index (χ0) is 8.91. The van der Waals surface area contributed by atoms with Gasteiger partial charge in [0.05, 0.1) is 5.60 Å². The summed E-state index contributed by atoms with van der Waals surface area (Å²) in [6.07, 6.45) is 3.32. The van der Waals surface area contributed by atoms with Crippen LogP contribution < -0.4 is 0 Å². The molecule has 0 N–H and O–H groups in total. The Bertz CT molecular complexity index is 91.5. The molecule has 1 unspecified atom stereocenters. The fourth-order valence-electron chi connectivity index (χ4n) is 1.56. The van der Waals surface area contributed by atoms with E-state index in [4.69, 9.17) is 4.43 Å². The van der Waals surface area contributed by atoms with Crippen molar-refractivity contribution < 1.29 is 4.43 Å². The first-order valence-electron chi connectivity index (χ1n) is 4.51. The average molecular weight is 171 g/mol. The highest BCUT2D eigenvalue weighted by atomic mass is 28.2. The molecule has 0 bridgehead atoms. The van der Waals surface area contributed by atoms with Crippen LogP contribution in [0, 0.1) is 5.92 Å². The summed E-state index contributed by atoms with van der Waals surface area (Å²) in [6.45, 7) is 8.80. The third-order valence-corrected chi connectivity index (χ3v) is 3.32. The minimum Gasteiger partial charge on any atom is -0.413 e. The van der Waals surface area contributed by atoms with E-state index in [-0.39, 0.29) is 5.60 Å². The van der Waals surface area contributed by atoms with Gasteiger partial charge in [-0.25, -0.2) is 0 Å². The van der Waals surface area contributed by atoms with Gasteiger partial charge in [-0.3, -0.25) is 0 Å². The molecule has 0 spiro atoms. The third-order valence-electron chi connectivity index (χ3n) is 2.91. The summed E-state index contributed by atoms with van der Waals surface area (Å²) in [4.78, 5) is 0. The summed E-state index contributed by atoms with van der Waals surface area (Å²) in [5.41, 5.74) is 0.0473. The predicted molar refractivity (Wildman–Crippen MR) is 49.6 cm³/mol. The second-order valence-electron chi connectivity index (χ2n) is 3.18. The lowest BCUT2D eigenvalue weighted by Crippen LogP contribution is -2.37. The van der Waals surface area contributed by atoms with Crippen molar-refractivity contribution in [1.29, 1.82) is 0 Å². The van der Waals surface area contributed by atoms with E-state index >= 15 is 0 Å². The van der Waals surface area contributed by atoms with E-state index in [0.717, 1.165) is 12.8 Å². The van der Waals surface area contributed by atoms with Crippen molar-refractivity contribution in [3.05, 3.63) is 0 Å². The lowest BCUT2D eigenvalue weighted by atomic mass is 9.82. The first-order chi connectivity index (χ1) is 5.16. The van der Waals surface area contributed by atoms with Crippen LogP contribution in [-0.2, 0) is 4.43 Å². The van der Waals surface area contributed by atoms with Crippen LogP contribution in [0.5, 0.6) is 0 Å². The van der Waals surface area contributed by atoms with Crippen LogP contribution >= 0.6 is 0 Å². The largest absolute Gasteiger partial charge is 0.413 e. The SMILES string of the molecule is CCC(C)C(CC)(CC)O[Si]. The second kappa shape index (κ2) is 4.94. The maximum absolute atomic E-state index is 5.39. The molecule has 65 valence electrons. The second-order valence-corrected chi connectivity index (χ2v) is 3.39. The third kappa shape index (κ3) is 2.31. The lowest BCUT2D eigenvalue weighted by molar-refractivity contribution is 0.0133. The zero-order valence-corrected chi connectivity index (χ0v) is 9.11. The molecular formula is C9H19OSi. The summed E-state index contributed by atoms with van der Waals surface area (Å²) < 4.78 is 5.39. The van der Waals surface area contributed by atoms with Gasteiger partial charge in [0.2, 0.25) is 10.5 Å². The Morgan fingerprint density at radius 1 is 1.27 bits per heavy atom. The highest BCUT2D eigenvalue weighted by Gasteiger charge is 2.30. The Balaban J connectivity index is 4.26. The molecule has 0 aromatic rings. The van der Waals surface area contributed by atoms with Crippen LogP contribution in [0.3, 0.4) is 0 Å². The number of rotatable bonds is 5. The molecule has 0 aromatic heterocycles. The van der Waals surface area contributed by atoms with Crippen LogP contribution in [0.15, 0.2) is 0 Å². The molecule has 0 saturated carbocycles. The standard InChI is InChI=1S/C9H19OSi/c1-5-8(4)9(6-2,7-3)10-11/h8H,5-7H2,1-4H3. The molecule has 1 nitrogen and oxygen atoms in total. The van der Waals surface area contributed by atoms with Crippen LogP contribution in [0.4, 0.5) is 0 Å². The molecule has 0 heterocycles. The topological polar surface area (TPSA) is 9.23 Å². The van der Waals surface area contributed by atoms with Crippen LogP contribution in [-0.4, -0.2) is 16.1 Å². The zero-order valence-electron chi connectivity index (χ0n) is 8.11. The van der Waals surface area contributed by atoms with Crippen molar-refractivity contribution in [1.82, 2.24) is 0 Å². The van der Waals surface area contributed by atoms with E-state index < -0.39 is 0 Å². The van der Waals surface area contributed by atoms with Crippen LogP contribution in [0.2, 0.25) is 0 Å². The highest BCUT2D eigenvalue weighted by Crippen LogP contribution is 2.30. The van der Waals surface area contributed by atoms with Crippen LogP contribution in [0.1, 0.15) is 47.0 Å². The summed E-state index contributed by atoms with van der Waals surface area (Å²) in [7, 11) is 3.18. The van der Waals surface area contributed by atoms with E-state index in [1.54, 1.807) is 0 Å². The van der Waals surface area contributed by atoms with E-state index in [9.17, 15) is 0 Å². The molecule has 0 aromatic carbocycles. The van der Waals surface area contributed by atoms with Crippen molar-refractivity contribution in [3.63, 3.8) is 0 Å². The van der Waals surface area contributed by atoms with Gasteiger partial charge in [0, 0.05) is 0 Å². The Morgan fingerprint density at radius 2 is 1.73 bits per heavy atom. The lowest BCUT2D eigenvalue weighted by Gasteiger charge is -2.36. The molecule has 0 saturated heterocycles. The van der Waals surface area contributed by atoms with Crippen molar-refractivity contribution >= 4 is 10.5 Å². The Labute approximate surface area is 74.1 Å². The van der Waals surface area contributed by atoms with Crippen molar-refractivity contribution in [2.24, 2.45) is 5.92 Å². The minimum atomic E-state index is 0.0473. The molecule has 3 radical (unpaired) electrons. The van der Waals surface area contributed by atoms with Gasteiger partial charge in [0.15, 0.2) is 0 Å². The smallest absolute Gasteiger partial charge is 0.247 e. The summed E-state index contributed by atoms with van der Waals surface area (Å²) >= 11 is 0. The Hall–Kier alpha value is 0.177. The Kier molecular flexibility index (Phi) is 5.02. The fourth-order valence-corrected chi connectivity index (χ4v) is 2.05. The maximum atomic E-state index is 5.39. The van der Waals surface area contributed by atoms with Crippen molar-refractivity contribution in [3.8, 4) is 0 Å². The first kappa shape index (κ1) is 11.2. The van der Waals surface area contributed by atoms with Gasteiger partial charge < -0.3 is 4.43 Å². The molecule has 0 aliphatic carbocycles. The van der Waals surface area contributed by atoms with E-state index in [2.05, 4.69) is 38.2 Å². The summed E-state index contributed by atoms with van der Waals surface area (Å²) in [5, 5.41) is 0. The molecular weight excluding hydrogens is 152 g/mol. The molecule has 1 atom stereocenters. The fraction of sp³-hybridized carbons (Fsp3) is 1.00. The quantitative estimate of drug-likeness (QED) is 0.578. The van der Waals surface area contributed by atoms with Gasteiger partial charge in [0.1, 0.15) is 0 Å². The van der Waals surface area contributed by atoms with E-state index in [1.165, 1.54) is 6.42 Å². The van der Waals surface area contributed by atoms with Crippen molar-refractivity contribution in [2.45, 2.75) is 52.6 Å². The minimum absolute atomic E-state index is 0.0473. The first-order valence-corrected chi connectivity index (χ1v) is 4.92. The van der Waals surface area contributed by atoms with E-state index in [1.807, 2.05) is 0 Å². The molecule has 0 aliphatic rings. The van der Waals surface area contributed by atoms with Gasteiger partial charge in [0.25, 0.3) is 0 Å². The number of hydrogen-bond donors (Lipinski definition) is 0. The molecule has 0 fully saturated rings. The van der Waals surface area contributed by atoms with E-state index in [0.29, 0.717) is 5.92 Å². The molecule has 0 amide bonds. The van der Waals surface area contributed by atoms with Gasteiger partial charge in [-0.15, -0.1) is 0 Å². The molecule has 2 heteroatoms. The van der Waals surface area contributed by atoms with Crippen LogP contribution in [0.25, 0.3) is 0 Å². The number of hydrogen-bond acceptors (Lipinski definition) is 1. The molecule has 0 rings (SSSR count). The monoisotopic (exact) mass is 171 g/mol.